The highest BCUT2D eigenvalue weighted by molar-refractivity contribution is 7.90. The van der Waals surface area contributed by atoms with Crippen molar-refractivity contribution < 1.29 is 17.9 Å². The minimum Gasteiger partial charge on any atom is -0.461 e. The number of ether oxygens (including phenoxy) is 1. The summed E-state index contributed by atoms with van der Waals surface area (Å²) >= 11 is 11.6. The largest absolute Gasteiger partial charge is 0.461 e. The van der Waals surface area contributed by atoms with Crippen molar-refractivity contribution in [3.8, 4) is 0 Å². The Kier molecular flexibility index (Phi) is 4.79. The molecular formula is C13H12Cl2N2O4S. The van der Waals surface area contributed by atoms with Crippen LogP contribution in [0.4, 0.5) is 0 Å². The van der Waals surface area contributed by atoms with E-state index in [4.69, 9.17) is 27.9 Å². The summed E-state index contributed by atoms with van der Waals surface area (Å²) in [5.74, 6) is -0.772. The van der Waals surface area contributed by atoms with Gasteiger partial charge in [0.2, 0.25) is 0 Å². The number of benzene rings is 1. The van der Waals surface area contributed by atoms with Gasteiger partial charge in [-0.05, 0) is 38.1 Å². The molecule has 118 valence electrons. The van der Waals surface area contributed by atoms with Gasteiger partial charge in [0.05, 0.1) is 27.2 Å². The minimum atomic E-state index is -4.09. The molecule has 0 saturated heterocycles. The van der Waals surface area contributed by atoms with Gasteiger partial charge < -0.3 is 4.74 Å². The molecule has 0 atom stereocenters. The van der Waals surface area contributed by atoms with Gasteiger partial charge in [-0.3, -0.25) is 0 Å². The quantitative estimate of drug-likeness (QED) is 0.781. The smallest absolute Gasteiger partial charge is 0.357 e. The number of aryl methyl sites for hydroxylation is 1. The molecule has 22 heavy (non-hydrogen) atoms. The molecule has 0 aliphatic rings. The Morgan fingerprint density at radius 2 is 1.95 bits per heavy atom. The van der Waals surface area contributed by atoms with Crippen molar-refractivity contribution in [2.75, 3.05) is 6.61 Å². The first-order valence-corrected chi connectivity index (χ1v) is 8.41. The van der Waals surface area contributed by atoms with E-state index in [1.54, 1.807) is 13.8 Å². The van der Waals surface area contributed by atoms with E-state index in [0.29, 0.717) is 9.78 Å². The number of hydrogen-bond donors (Lipinski definition) is 0. The van der Waals surface area contributed by atoms with Crippen LogP contribution in [0.2, 0.25) is 10.0 Å². The average Bonchev–Trinajstić information content (AvgIpc) is 2.85. The molecule has 1 aromatic carbocycles. The van der Waals surface area contributed by atoms with Gasteiger partial charge in [0.25, 0.3) is 10.0 Å². The summed E-state index contributed by atoms with van der Waals surface area (Å²) in [7, 11) is -4.09. The fourth-order valence-corrected chi connectivity index (χ4v) is 3.43. The summed E-state index contributed by atoms with van der Waals surface area (Å²) in [6.07, 6.45) is 0. The maximum Gasteiger partial charge on any atom is 0.357 e. The summed E-state index contributed by atoms with van der Waals surface area (Å²) in [6, 6.07) is 5.19. The summed E-state index contributed by atoms with van der Waals surface area (Å²) in [5, 5.41) is 4.18. The number of nitrogens with zero attached hydrogens (tertiary/aromatic N) is 2. The molecule has 0 radical (unpaired) electrons. The van der Waals surface area contributed by atoms with E-state index in [1.807, 2.05) is 0 Å². The lowest BCUT2D eigenvalue weighted by Gasteiger charge is -2.09. The first-order chi connectivity index (χ1) is 10.3. The second-order valence-corrected chi connectivity index (χ2v) is 6.90. The molecule has 0 saturated carbocycles. The number of aromatic nitrogens is 2. The highest BCUT2D eigenvalue weighted by Gasteiger charge is 2.26. The molecule has 9 heteroatoms. The van der Waals surface area contributed by atoms with E-state index < -0.39 is 16.0 Å². The van der Waals surface area contributed by atoms with E-state index in [-0.39, 0.29) is 27.2 Å². The summed E-state index contributed by atoms with van der Waals surface area (Å²) < 4.78 is 30.7. The summed E-state index contributed by atoms with van der Waals surface area (Å²) in [4.78, 5) is 11.8. The molecule has 1 aromatic heterocycles. The predicted molar refractivity (Wildman–Crippen MR) is 82.0 cm³/mol. The van der Waals surface area contributed by atoms with Gasteiger partial charge in [0.15, 0.2) is 5.69 Å². The van der Waals surface area contributed by atoms with Crippen LogP contribution in [0, 0.1) is 6.92 Å². The van der Waals surface area contributed by atoms with Crippen molar-refractivity contribution in [1.82, 2.24) is 9.19 Å². The zero-order valence-electron chi connectivity index (χ0n) is 11.7. The number of rotatable bonds is 4. The number of hydrogen-bond acceptors (Lipinski definition) is 5. The Labute approximate surface area is 137 Å². The maximum absolute atomic E-state index is 12.6. The Bertz CT molecular complexity index is 831. The molecule has 0 fully saturated rings. The number of carbonyl (C=O) groups is 1. The van der Waals surface area contributed by atoms with Crippen molar-refractivity contribution in [2.24, 2.45) is 0 Å². The lowest BCUT2D eigenvalue weighted by atomic mass is 10.4. The number of halogens is 2. The zero-order chi connectivity index (χ0) is 16.5. The standard InChI is InChI=1S/C13H12Cl2N2O4S/c1-3-21-13(18)12-6-8(2)16-17(12)22(19,20)9-4-5-10(14)11(15)7-9/h4-7H,3H2,1-2H3. The van der Waals surface area contributed by atoms with Gasteiger partial charge in [0.1, 0.15) is 0 Å². The molecule has 0 amide bonds. The molecule has 2 rings (SSSR count). The normalized spacial score (nSPS) is 11.5. The first-order valence-electron chi connectivity index (χ1n) is 6.21. The average molecular weight is 363 g/mol. The number of carbonyl (C=O) groups excluding carboxylic acids is 1. The van der Waals surface area contributed by atoms with Gasteiger partial charge in [-0.2, -0.15) is 13.5 Å². The van der Waals surface area contributed by atoms with Crippen LogP contribution in [0.3, 0.4) is 0 Å². The molecule has 0 N–H and O–H groups in total. The second-order valence-electron chi connectivity index (χ2n) is 4.32. The maximum atomic E-state index is 12.6. The Balaban J connectivity index is 2.59. The van der Waals surface area contributed by atoms with Crippen molar-refractivity contribution >= 4 is 39.2 Å². The van der Waals surface area contributed by atoms with Crippen LogP contribution in [-0.2, 0) is 14.8 Å². The third-order valence-corrected chi connectivity index (χ3v) is 5.02. The fraction of sp³-hybridized carbons (Fsp3) is 0.231. The minimum absolute atomic E-state index is 0.0873. The molecule has 0 unspecified atom stereocenters. The summed E-state index contributed by atoms with van der Waals surface area (Å²) in [6.45, 7) is 3.32. The molecule has 2 aromatic rings. The second kappa shape index (κ2) is 6.28. The molecule has 0 bridgehead atoms. The van der Waals surface area contributed by atoms with Gasteiger partial charge >= 0.3 is 5.97 Å². The van der Waals surface area contributed by atoms with Crippen LogP contribution in [0.25, 0.3) is 0 Å². The van der Waals surface area contributed by atoms with Crippen molar-refractivity contribution in [3.63, 3.8) is 0 Å². The number of esters is 1. The lowest BCUT2D eigenvalue weighted by molar-refractivity contribution is 0.0517. The van der Waals surface area contributed by atoms with E-state index in [9.17, 15) is 13.2 Å². The third-order valence-electron chi connectivity index (χ3n) is 2.70. The van der Waals surface area contributed by atoms with E-state index >= 15 is 0 Å². The van der Waals surface area contributed by atoms with Gasteiger partial charge in [-0.25, -0.2) is 4.79 Å². The topological polar surface area (TPSA) is 78.3 Å². The Hall–Kier alpha value is -1.57. The van der Waals surface area contributed by atoms with Crippen LogP contribution >= 0.6 is 23.2 Å². The molecule has 6 nitrogen and oxygen atoms in total. The van der Waals surface area contributed by atoms with E-state index in [0.717, 1.165) is 0 Å². The molecule has 0 spiro atoms. The highest BCUT2D eigenvalue weighted by Crippen LogP contribution is 2.26. The van der Waals surface area contributed by atoms with E-state index in [2.05, 4.69) is 5.10 Å². The van der Waals surface area contributed by atoms with Crippen LogP contribution < -0.4 is 0 Å². The van der Waals surface area contributed by atoms with Crippen LogP contribution in [0.5, 0.6) is 0 Å². The zero-order valence-corrected chi connectivity index (χ0v) is 14.0. The molecular weight excluding hydrogens is 351 g/mol. The molecule has 0 aliphatic heterocycles. The van der Waals surface area contributed by atoms with Gasteiger partial charge in [-0.1, -0.05) is 23.2 Å². The van der Waals surface area contributed by atoms with Crippen molar-refractivity contribution in [2.45, 2.75) is 18.7 Å². The van der Waals surface area contributed by atoms with Gasteiger partial charge in [-0.15, -0.1) is 4.09 Å². The SMILES string of the molecule is CCOC(=O)c1cc(C)nn1S(=O)(=O)c1ccc(Cl)c(Cl)c1. The van der Waals surface area contributed by atoms with Crippen molar-refractivity contribution in [1.29, 1.82) is 0 Å². The predicted octanol–water partition coefficient (Wildman–Crippen LogP) is 2.91. The Morgan fingerprint density at radius 3 is 2.55 bits per heavy atom. The monoisotopic (exact) mass is 362 g/mol. The molecule has 1 heterocycles. The van der Waals surface area contributed by atoms with Crippen molar-refractivity contribution in [3.05, 3.63) is 45.7 Å². The van der Waals surface area contributed by atoms with Gasteiger partial charge in [0, 0.05) is 0 Å². The Morgan fingerprint density at radius 1 is 1.27 bits per heavy atom. The summed E-state index contributed by atoms with van der Waals surface area (Å²) in [5.41, 5.74) is 0.192. The van der Waals surface area contributed by atoms with E-state index in [1.165, 1.54) is 24.3 Å². The third kappa shape index (κ3) is 3.11. The lowest BCUT2D eigenvalue weighted by Crippen LogP contribution is -2.21. The first kappa shape index (κ1) is 16.8. The molecule has 0 aliphatic carbocycles. The van der Waals surface area contributed by atoms with Crippen LogP contribution in [0.1, 0.15) is 23.1 Å². The fourth-order valence-electron chi connectivity index (χ4n) is 1.74. The highest BCUT2D eigenvalue weighted by atomic mass is 35.5. The van der Waals surface area contributed by atoms with Crippen LogP contribution in [-0.4, -0.2) is 30.2 Å². The van der Waals surface area contributed by atoms with Crippen LogP contribution in [0.15, 0.2) is 29.2 Å².